The Labute approximate surface area is 188 Å². The second-order valence-electron chi connectivity index (χ2n) is 6.97. The number of carboxylic acids is 1. The van der Waals surface area contributed by atoms with Crippen molar-refractivity contribution in [3.8, 4) is 11.9 Å². The highest BCUT2D eigenvalue weighted by atomic mass is 35.5. The Morgan fingerprint density at radius 2 is 2.03 bits per heavy atom. The van der Waals surface area contributed by atoms with E-state index in [1.807, 2.05) is 18.2 Å². The number of aromatic carboxylic acids is 1. The van der Waals surface area contributed by atoms with Crippen LogP contribution in [0.2, 0.25) is 5.02 Å². The number of nitrogens with zero attached hydrogens (tertiary/aromatic N) is 4. The van der Waals surface area contributed by atoms with Gasteiger partial charge in [0.1, 0.15) is 0 Å². The normalized spacial score (nSPS) is 11.3. The summed E-state index contributed by atoms with van der Waals surface area (Å²) in [4.78, 5) is 15.5. The van der Waals surface area contributed by atoms with Crippen LogP contribution in [0.1, 0.15) is 27.2 Å². The monoisotopic (exact) mass is 444 g/mol. The molecular formula is C24H17ClN4O3. The van der Waals surface area contributed by atoms with Gasteiger partial charge in [-0.15, -0.1) is 0 Å². The highest BCUT2D eigenvalue weighted by Crippen LogP contribution is 2.27. The lowest BCUT2D eigenvalue weighted by Crippen LogP contribution is -2.02. The zero-order valence-corrected chi connectivity index (χ0v) is 17.7. The first kappa shape index (κ1) is 21.1. The van der Waals surface area contributed by atoms with E-state index in [1.165, 1.54) is 12.1 Å². The summed E-state index contributed by atoms with van der Waals surface area (Å²) in [5.41, 5.74) is 3.22. The molecule has 0 aliphatic rings. The average Bonchev–Trinajstić information content (AvgIpc) is 3.14. The minimum Gasteiger partial charge on any atom is -0.481 e. The Bertz CT molecular complexity index is 1380. The lowest BCUT2D eigenvalue weighted by molar-refractivity contribution is 0.0697. The molecule has 0 spiro atoms. The second-order valence-corrected chi connectivity index (χ2v) is 7.41. The number of carboxylic acid groups (broad SMARTS) is 1. The number of aromatic nitrogens is 3. The summed E-state index contributed by atoms with van der Waals surface area (Å²) in [5.74, 6) is -0.533. The van der Waals surface area contributed by atoms with Gasteiger partial charge in [-0.05, 0) is 47.5 Å². The first-order chi connectivity index (χ1) is 15.5. The van der Waals surface area contributed by atoms with Crippen LogP contribution in [-0.4, -0.2) is 33.0 Å². The number of hydrogen-bond acceptors (Lipinski definition) is 5. The fourth-order valence-corrected chi connectivity index (χ4v) is 3.50. The maximum absolute atomic E-state index is 11.3. The summed E-state index contributed by atoms with van der Waals surface area (Å²) in [7, 11) is 1.56. The second kappa shape index (κ2) is 8.92. The smallest absolute Gasteiger partial charge is 0.335 e. The Balaban J connectivity index is 1.79. The number of rotatable bonds is 6. The number of hydrogen-bond donors (Lipinski definition) is 1. The van der Waals surface area contributed by atoms with Gasteiger partial charge >= 0.3 is 5.97 Å². The molecule has 0 aliphatic carbocycles. The topological polar surface area (TPSA) is 101 Å². The van der Waals surface area contributed by atoms with Crippen LogP contribution in [0.25, 0.3) is 22.6 Å². The molecule has 0 saturated heterocycles. The SMILES string of the molecule is COc1ccc(Cn2nc(C=C(C#N)c3cccc(C(=O)O)c3)c3ccc(Cl)cc32)cn1. The molecule has 1 N–H and O–H groups in total. The third-order valence-corrected chi connectivity index (χ3v) is 5.14. The Kier molecular flexibility index (Phi) is 5.88. The molecule has 4 aromatic rings. The number of allylic oxidation sites excluding steroid dienone is 1. The van der Waals surface area contributed by atoms with Crippen molar-refractivity contribution in [1.29, 1.82) is 5.26 Å². The number of pyridine rings is 1. The summed E-state index contributed by atoms with van der Waals surface area (Å²) >= 11 is 6.23. The fourth-order valence-electron chi connectivity index (χ4n) is 3.33. The van der Waals surface area contributed by atoms with Gasteiger partial charge in [-0.25, -0.2) is 9.78 Å². The molecule has 0 aliphatic heterocycles. The Morgan fingerprint density at radius 1 is 1.22 bits per heavy atom. The van der Waals surface area contributed by atoms with Crippen LogP contribution in [0.15, 0.2) is 60.8 Å². The molecule has 32 heavy (non-hydrogen) atoms. The van der Waals surface area contributed by atoms with Crippen molar-refractivity contribution in [2.45, 2.75) is 6.54 Å². The third kappa shape index (κ3) is 4.31. The minimum absolute atomic E-state index is 0.109. The quantitative estimate of drug-likeness (QED) is 0.424. The standard InChI is InChI=1S/C24H17ClN4O3/c1-32-23-8-5-15(13-27-23)14-29-22-11-19(25)6-7-20(22)21(28-29)10-18(12-26)16-3-2-4-17(9-16)24(30)31/h2-11,13H,14H2,1H3,(H,30,31). The summed E-state index contributed by atoms with van der Waals surface area (Å²) in [6, 6.07) is 17.5. The number of halogens is 1. The number of ether oxygens (including phenoxy) is 1. The van der Waals surface area contributed by atoms with Crippen molar-refractivity contribution < 1.29 is 14.6 Å². The van der Waals surface area contributed by atoms with Crippen LogP contribution in [0, 0.1) is 11.3 Å². The van der Waals surface area contributed by atoms with Crippen LogP contribution in [0.5, 0.6) is 5.88 Å². The number of carbonyl (C=O) groups is 1. The van der Waals surface area contributed by atoms with Crippen LogP contribution in [0.3, 0.4) is 0 Å². The molecule has 0 unspecified atom stereocenters. The largest absolute Gasteiger partial charge is 0.481 e. The lowest BCUT2D eigenvalue weighted by atomic mass is 10.0. The molecule has 0 fully saturated rings. The first-order valence-electron chi connectivity index (χ1n) is 9.59. The molecule has 8 heteroatoms. The van der Waals surface area contributed by atoms with E-state index < -0.39 is 5.97 Å². The molecule has 2 aromatic heterocycles. The van der Waals surface area contributed by atoms with Crippen molar-refractivity contribution in [2.24, 2.45) is 0 Å². The minimum atomic E-state index is -1.05. The zero-order chi connectivity index (χ0) is 22.7. The van der Waals surface area contributed by atoms with Crippen molar-refractivity contribution in [3.63, 3.8) is 0 Å². The molecule has 0 amide bonds. The molecule has 4 rings (SSSR count). The third-order valence-electron chi connectivity index (χ3n) is 4.90. The number of benzene rings is 2. The predicted molar refractivity (Wildman–Crippen MR) is 122 cm³/mol. The molecule has 0 atom stereocenters. The molecule has 0 bridgehead atoms. The van der Waals surface area contributed by atoms with Gasteiger partial charge in [0.2, 0.25) is 5.88 Å². The molecule has 158 valence electrons. The predicted octanol–water partition coefficient (Wildman–Crippen LogP) is 4.90. The molecule has 7 nitrogen and oxygen atoms in total. The van der Waals surface area contributed by atoms with E-state index in [2.05, 4.69) is 11.1 Å². The van der Waals surface area contributed by atoms with E-state index in [1.54, 1.807) is 48.3 Å². The van der Waals surface area contributed by atoms with E-state index in [-0.39, 0.29) is 5.56 Å². The van der Waals surface area contributed by atoms with Gasteiger partial charge in [-0.3, -0.25) is 4.68 Å². The molecule has 0 saturated carbocycles. The number of nitriles is 1. The van der Waals surface area contributed by atoms with Crippen molar-refractivity contribution in [2.75, 3.05) is 7.11 Å². The van der Waals surface area contributed by atoms with Crippen LogP contribution >= 0.6 is 11.6 Å². The average molecular weight is 445 g/mol. The van der Waals surface area contributed by atoms with E-state index in [4.69, 9.17) is 21.4 Å². The Hall–Kier alpha value is -4.15. The molecular weight excluding hydrogens is 428 g/mol. The van der Waals surface area contributed by atoms with Gasteiger partial charge in [0.25, 0.3) is 0 Å². The van der Waals surface area contributed by atoms with Crippen LogP contribution < -0.4 is 4.74 Å². The van der Waals surface area contributed by atoms with E-state index >= 15 is 0 Å². The van der Waals surface area contributed by atoms with Crippen molar-refractivity contribution >= 4 is 40.1 Å². The van der Waals surface area contributed by atoms with Gasteiger partial charge in [-0.2, -0.15) is 10.4 Å². The molecule has 2 aromatic carbocycles. The summed E-state index contributed by atoms with van der Waals surface area (Å²) < 4.78 is 6.90. The van der Waals surface area contributed by atoms with Gasteiger partial charge < -0.3 is 9.84 Å². The van der Waals surface area contributed by atoms with Gasteiger partial charge in [0, 0.05) is 22.7 Å². The van der Waals surface area contributed by atoms with E-state index in [0.717, 1.165) is 16.5 Å². The van der Waals surface area contributed by atoms with Crippen molar-refractivity contribution in [1.82, 2.24) is 14.8 Å². The Morgan fingerprint density at radius 3 is 2.72 bits per heavy atom. The number of fused-ring (bicyclic) bond motifs is 1. The summed E-state index contributed by atoms with van der Waals surface area (Å²) in [6.45, 7) is 0.443. The van der Waals surface area contributed by atoms with Gasteiger partial charge in [0.15, 0.2) is 0 Å². The fraction of sp³-hybridized carbons (Fsp3) is 0.0833. The van der Waals surface area contributed by atoms with E-state index in [9.17, 15) is 15.2 Å². The lowest BCUT2D eigenvalue weighted by Gasteiger charge is -2.05. The number of methoxy groups -OCH3 is 1. The van der Waals surface area contributed by atoms with Gasteiger partial charge in [-0.1, -0.05) is 29.8 Å². The van der Waals surface area contributed by atoms with E-state index in [0.29, 0.717) is 34.3 Å². The zero-order valence-electron chi connectivity index (χ0n) is 17.0. The maximum atomic E-state index is 11.3. The van der Waals surface area contributed by atoms with Gasteiger partial charge in [0.05, 0.1) is 42.1 Å². The first-order valence-corrected chi connectivity index (χ1v) is 9.97. The highest BCUT2D eigenvalue weighted by Gasteiger charge is 2.13. The van der Waals surface area contributed by atoms with Crippen LogP contribution in [0.4, 0.5) is 0 Å². The molecule has 2 heterocycles. The summed E-state index contributed by atoms with van der Waals surface area (Å²) in [5, 5.41) is 25.1. The van der Waals surface area contributed by atoms with Crippen molar-refractivity contribution in [3.05, 3.63) is 88.2 Å². The van der Waals surface area contributed by atoms with Crippen LogP contribution in [-0.2, 0) is 6.54 Å². The summed E-state index contributed by atoms with van der Waals surface area (Å²) in [6.07, 6.45) is 3.37. The maximum Gasteiger partial charge on any atom is 0.335 e. The molecule has 0 radical (unpaired) electrons. The highest BCUT2D eigenvalue weighted by molar-refractivity contribution is 6.31.